The number of carbonyl (C=O) groups excluding carboxylic acids is 1. The third kappa shape index (κ3) is 2.66. The van der Waals surface area contributed by atoms with Gasteiger partial charge in [-0.25, -0.2) is 0 Å². The zero-order valence-electron chi connectivity index (χ0n) is 9.55. The Bertz CT molecular complexity index is 594. The van der Waals surface area contributed by atoms with Gasteiger partial charge in [-0.15, -0.1) is 0 Å². The average molecular weight is 237 g/mol. The normalized spacial score (nSPS) is 9.50. The van der Waals surface area contributed by atoms with Gasteiger partial charge < -0.3 is 11.1 Å². The van der Waals surface area contributed by atoms with Crippen LogP contribution in [0.25, 0.3) is 0 Å². The molecule has 4 heteroatoms. The van der Waals surface area contributed by atoms with Crippen molar-refractivity contribution in [1.29, 1.82) is 5.26 Å². The molecule has 2 aromatic carbocycles. The average Bonchev–Trinajstić information content (AvgIpc) is 2.40. The van der Waals surface area contributed by atoms with Crippen LogP contribution < -0.4 is 11.1 Å². The van der Waals surface area contributed by atoms with Gasteiger partial charge in [0.25, 0.3) is 0 Å². The number of hydrogen-bond acceptors (Lipinski definition) is 3. The van der Waals surface area contributed by atoms with Gasteiger partial charge in [0.2, 0.25) is 5.91 Å². The van der Waals surface area contributed by atoms with Crippen molar-refractivity contribution in [2.24, 2.45) is 5.73 Å². The Morgan fingerprint density at radius 2 is 1.50 bits per heavy atom. The summed E-state index contributed by atoms with van der Waals surface area (Å²) in [6, 6.07) is 16.0. The summed E-state index contributed by atoms with van der Waals surface area (Å²) in [4.78, 5) is 10.9. The molecule has 88 valence electrons. The van der Waals surface area contributed by atoms with Gasteiger partial charge in [-0.1, -0.05) is 0 Å². The van der Waals surface area contributed by atoms with Gasteiger partial charge in [0.15, 0.2) is 0 Å². The van der Waals surface area contributed by atoms with Gasteiger partial charge in [-0.3, -0.25) is 4.79 Å². The van der Waals surface area contributed by atoms with E-state index in [2.05, 4.69) is 11.4 Å². The van der Waals surface area contributed by atoms with Crippen LogP contribution in [0, 0.1) is 11.3 Å². The molecule has 18 heavy (non-hydrogen) atoms. The van der Waals surface area contributed by atoms with Crippen molar-refractivity contribution < 1.29 is 4.79 Å². The second kappa shape index (κ2) is 5.02. The number of carbonyl (C=O) groups is 1. The molecule has 0 aliphatic heterocycles. The monoisotopic (exact) mass is 237 g/mol. The lowest BCUT2D eigenvalue weighted by Crippen LogP contribution is -2.10. The maximum Gasteiger partial charge on any atom is 0.248 e. The van der Waals surface area contributed by atoms with Crippen molar-refractivity contribution in [2.75, 3.05) is 5.32 Å². The Kier molecular flexibility index (Phi) is 3.26. The summed E-state index contributed by atoms with van der Waals surface area (Å²) < 4.78 is 0. The summed E-state index contributed by atoms with van der Waals surface area (Å²) in [6.07, 6.45) is 0. The zero-order chi connectivity index (χ0) is 13.0. The summed E-state index contributed by atoms with van der Waals surface area (Å²) >= 11 is 0. The summed E-state index contributed by atoms with van der Waals surface area (Å²) in [5.74, 6) is -0.445. The Balaban J connectivity index is 2.13. The molecule has 0 radical (unpaired) electrons. The molecule has 0 atom stereocenters. The lowest BCUT2D eigenvalue weighted by atomic mass is 10.2. The van der Waals surface area contributed by atoms with Crippen molar-refractivity contribution >= 4 is 17.3 Å². The predicted octanol–water partition coefficient (Wildman–Crippen LogP) is 2.40. The standard InChI is InChI=1S/C14H11N3O/c15-9-10-1-5-12(6-2-10)17-13-7-3-11(4-8-13)14(16)18/h1-8,17H,(H2,16,18). The smallest absolute Gasteiger partial charge is 0.248 e. The molecule has 0 bridgehead atoms. The predicted molar refractivity (Wildman–Crippen MR) is 69.4 cm³/mol. The molecule has 0 aromatic heterocycles. The first kappa shape index (κ1) is 11.7. The number of nitrogens with one attached hydrogen (secondary N) is 1. The van der Waals surface area contributed by atoms with Crippen LogP contribution in [0.2, 0.25) is 0 Å². The molecular formula is C14H11N3O. The fraction of sp³-hybridized carbons (Fsp3) is 0. The van der Waals surface area contributed by atoms with Crippen LogP contribution >= 0.6 is 0 Å². The highest BCUT2D eigenvalue weighted by Crippen LogP contribution is 2.17. The highest BCUT2D eigenvalue weighted by Gasteiger charge is 2.00. The summed E-state index contributed by atoms with van der Waals surface area (Å²) in [6.45, 7) is 0. The molecule has 0 fully saturated rings. The van der Waals surface area contributed by atoms with Crippen molar-refractivity contribution in [1.82, 2.24) is 0 Å². The maximum absolute atomic E-state index is 10.9. The van der Waals surface area contributed by atoms with E-state index in [1.807, 2.05) is 12.1 Å². The number of benzene rings is 2. The van der Waals surface area contributed by atoms with Crippen LogP contribution in [0.1, 0.15) is 15.9 Å². The number of nitrogens with zero attached hydrogens (tertiary/aromatic N) is 1. The first-order chi connectivity index (χ1) is 8.69. The minimum atomic E-state index is -0.445. The number of primary amides is 1. The topological polar surface area (TPSA) is 78.9 Å². The molecule has 3 N–H and O–H groups in total. The van der Waals surface area contributed by atoms with Crippen LogP contribution in [-0.4, -0.2) is 5.91 Å². The lowest BCUT2D eigenvalue weighted by Gasteiger charge is -2.06. The van der Waals surface area contributed by atoms with Crippen LogP contribution in [0.5, 0.6) is 0 Å². The van der Waals surface area contributed by atoms with Gasteiger partial charge in [-0.05, 0) is 48.5 Å². The van der Waals surface area contributed by atoms with E-state index in [1.54, 1.807) is 36.4 Å². The Hall–Kier alpha value is -2.80. The van der Waals surface area contributed by atoms with Gasteiger partial charge >= 0.3 is 0 Å². The van der Waals surface area contributed by atoms with E-state index in [1.165, 1.54) is 0 Å². The third-order valence-electron chi connectivity index (χ3n) is 2.47. The Morgan fingerprint density at radius 1 is 1.00 bits per heavy atom. The van der Waals surface area contributed by atoms with Gasteiger partial charge in [0, 0.05) is 16.9 Å². The van der Waals surface area contributed by atoms with Gasteiger partial charge in [0.05, 0.1) is 11.6 Å². The first-order valence-corrected chi connectivity index (χ1v) is 5.36. The second-order valence-corrected chi connectivity index (χ2v) is 3.76. The first-order valence-electron chi connectivity index (χ1n) is 5.36. The largest absolute Gasteiger partial charge is 0.366 e. The molecule has 4 nitrogen and oxygen atoms in total. The highest BCUT2D eigenvalue weighted by atomic mass is 16.1. The molecule has 0 spiro atoms. The molecule has 1 amide bonds. The number of nitrogens with two attached hydrogens (primary N) is 1. The van der Waals surface area contributed by atoms with E-state index in [4.69, 9.17) is 11.0 Å². The second-order valence-electron chi connectivity index (χ2n) is 3.76. The maximum atomic E-state index is 10.9. The molecule has 0 aliphatic carbocycles. The van der Waals surface area contributed by atoms with E-state index in [9.17, 15) is 4.79 Å². The van der Waals surface area contributed by atoms with E-state index < -0.39 is 5.91 Å². The van der Waals surface area contributed by atoms with Crippen LogP contribution in [0.3, 0.4) is 0 Å². The minimum absolute atomic E-state index is 0.445. The Morgan fingerprint density at radius 3 is 1.94 bits per heavy atom. The summed E-state index contributed by atoms with van der Waals surface area (Å²) in [7, 11) is 0. The SMILES string of the molecule is N#Cc1ccc(Nc2ccc(C(N)=O)cc2)cc1. The van der Waals surface area contributed by atoms with Gasteiger partial charge in [0.1, 0.15) is 0 Å². The van der Waals surface area contributed by atoms with Crippen molar-refractivity contribution in [3.8, 4) is 6.07 Å². The fourth-order valence-electron chi connectivity index (χ4n) is 1.51. The van der Waals surface area contributed by atoms with Crippen LogP contribution in [0.15, 0.2) is 48.5 Å². The highest BCUT2D eigenvalue weighted by molar-refractivity contribution is 5.93. The van der Waals surface area contributed by atoms with Crippen molar-refractivity contribution in [2.45, 2.75) is 0 Å². The van der Waals surface area contributed by atoms with E-state index >= 15 is 0 Å². The number of hydrogen-bond donors (Lipinski definition) is 2. The molecule has 0 saturated carbocycles. The van der Waals surface area contributed by atoms with Crippen LogP contribution in [0.4, 0.5) is 11.4 Å². The Labute approximate surface area is 105 Å². The summed E-state index contributed by atoms with van der Waals surface area (Å²) in [5, 5.41) is 11.8. The molecule has 2 aromatic rings. The minimum Gasteiger partial charge on any atom is -0.366 e. The van der Waals surface area contributed by atoms with Crippen molar-refractivity contribution in [3.63, 3.8) is 0 Å². The molecule has 0 saturated heterocycles. The molecule has 2 rings (SSSR count). The number of nitriles is 1. The van der Waals surface area contributed by atoms with Gasteiger partial charge in [-0.2, -0.15) is 5.26 Å². The van der Waals surface area contributed by atoms with E-state index in [0.29, 0.717) is 11.1 Å². The number of amides is 1. The summed E-state index contributed by atoms with van der Waals surface area (Å²) in [5.41, 5.74) is 7.97. The van der Waals surface area contributed by atoms with Crippen LogP contribution in [-0.2, 0) is 0 Å². The molecule has 0 heterocycles. The third-order valence-corrected chi connectivity index (χ3v) is 2.47. The number of anilines is 2. The van der Waals surface area contributed by atoms with Crippen molar-refractivity contribution in [3.05, 3.63) is 59.7 Å². The molecular weight excluding hydrogens is 226 g/mol. The molecule has 0 unspecified atom stereocenters. The zero-order valence-corrected chi connectivity index (χ0v) is 9.55. The quantitative estimate of drug-likeness (QED) is 0.860. The lowest BCUT2D eigenvalue weighted by molar-refractivity contribution is 0.100. The van der Waals surface area contributed by atoms with E-state index in [0.717, 1.165) is 11.4 Å². The fourth-order valence-corrected chi connectivity index (χ4v) is 1.51. The van der Waals surface area contributed by atoms with E-state index in [-0.39, 0.29) is 0 Å². The molecule has 0 aliphatic rings. The number of rotatable bonds is 3.